The lowest BCUT2D eigenvalue weighted by Gasteiger charge is -2.18. The summed E-state index contributed by atoms with van der Waals surface area (Å²) in [5.41, 5.74) is 1.53. The highest BCUT2D eigenvalue weighted by Gasteiger charge is 2.33. The predicted octanol–water partition coefficient (Wildman–Crippen LogP) is 0.609. The van der Waals surface area contributed by atoms with Crippen molar-refractivity contribution in [2.75, 3.05) is 6.61 Å². The van der Waals surface area contributed by atoms with E-state index in [1.807, 2.05) is 6.07 Å². The summed E-state index contributed by atoms with van der Waals surface area (Å²) in [6, 6.07) is 3.08. The molecule has 1 aliphatic rings. The normalized spacial score (nSPS) is 19.5. The number of fused-ring (bicyclic) bond motifs is 1. The number of aliphatic hydroxyl groups excluding tert-OH is 1. The highest BCUT2D eigenvalue weighted by atomic mass is 16.4. The van der Waals surface area contributed by atoms with Crippen LogP contribution in [-0.4, -0.2) is 32.8 Å². The molecule has 1 unspecified atom stereocenters. The smallest absolute Gasteiger partial charge is 0.408 e. The van der Waals surface area contributed by atoms with Crippen LogP contribution in [0.3, 0.4) is 0 Å². The fourth-order valence-corrected chi connectivity index (χ4v) is 1.71. The quantitative estimate of drug-likeness (QED) is 0.686. The summed E-state index contributed by atoms with van der Waals surface area (Å²) >= 11 is 0. The van der Waals surface area contributed by atoms with Crippen LogP contribution in [0.2, 0.25) is 0 Å². The zero-order valence-electron chi connectivity index (χ0n) is 7.42. The third-order valence-electron chi connectivity index (χ3n) is 2.38. The number of rotatable bonds is 1. The maximum atomic E-state index is 10.8. The maximum absolute atomic E-state index is 10.8. The third kappa shape index (κ3) is 1.22. The number of hydrogen-bond donors (Lipinski definition) is 2. The summed E-state index contributed by atoms with van der Waals surface area (Å²) in [4.78, 5) is 16.1. The summed E-state index contributed by atoms with van der Waals surface area (Å²) in [7, 11) is 0. The van der Waals surface area contributed by atoms with Crippen LogP contribution in [-0.2, 0) is 6.54 Å². The minimum absolute atomic E-state index is 0.226. The van der Waals surface area contributed by atoms with Gasteiger partial charge in [0.05, 0.1) is 18.8 Å². The molecule has 0 radical (unpaired) electrons. The lowest BCUT2D eigenvalue weighted by atomic mass is 10.2. The van der Waals surface area contributed by atoms with Crippen molar-refractivity contribution in [3.05, 3.63) is 29.6 Å². The first-order valence-corrected chi connectivity index (χ1v) is 4.28. The van der Waals surface area contributed by atoms with Crippen molar-refractivity contribution in [1.29, 1.82) is 0 Å². The molecule has 1 amide bonds. The Balaban J connectivity index is 2.38. The van der Waals surface area contributed by atoms with E-state index in [0.29, 0.717) is 12.2 Å². The molecular formula is C9H10N2O3. The van der Waals surface area contributed by atoms with Gasteiger partial charge in [0.15, 0.2) is 0 Å². The van der Waals surface area contributed by atoms with Crippen LogP contribution in [0.5, 0.6) is 0 Å². The molecular weight excluding hydrogens is 184 g/mol. The van der Waals surface area contributed by atoms with Crippen LogP contribution in [0.15, 0.2) is 18.3 Å². The van der Waals surface area contributed by atoms with Crippen LogP contribution >= 0.6 is 0 Å². The number of carboxylic acid groups (broad SMARTS) is 1. The first-order chi connectivity index (χ1) is 6.74. The molecule has 2 heterocycles. The number of carbonyl (C=O) groups is 1. The van der Waals surface area contributed by atoms with E-state index in [-0.39, 0.29) is 6.61 Å². The number of aromatic nitrogens is 1. The molecule has 1 atom stereocenters. The van der Waals surface area contributed by atoms with Crippen LogP contribution in [0.25, 0.3) is 0 Å². The van der Waals surface area contributed by atoms with Gasteiger partial charge in [-0.15, -0.1) is 0 Å². The molecule has 0 spiro atoms. The fraction of sp³-hybridized carbons (Fsp3) is 0.333. The van der Waals surface area contributed by atoms with Crippen molar-refractivity contribution >= 4 is 6.09 Å². The SMILES string of the molecule is O=C(O)N1Cc2cccnc2C1CO. The number of amides is 1. The molecule has 1 aliphatic heterocycles. The van der Waals surface area contributed by atoms with Crippen molar-refractivity contribution in [3.8, 4) is 0 Å². The van der Waals surface area contributed by atoms with E-state index in [2.05, 4.69) is 4.98 Å². The van der Waals surface area contributed by atoms with E-state index in [4.69, 9.17) is 10.2 Å². The Morgan fingerprint density at radius 3 is 3.14 bits per heavy atom. The van der Waals surface area contributed by atoms with Crippen molar-refractivity contribution in [2.45, 2.75) is 12.6 Å². The minimum atomic E-state index is -1.03. The molecule has 0 saturated heterocycles. The first-order valence-electron chi connectivity index (χ1n) is 4.28. The molecule has 0 aromatic carbocycles. The van der Waals surface area contributed by atoms with Crippen molar-refractivity contribution in [2.24, 2.45) is 0 Å². The Morgan fingerprint density at radius 1 is 1.71 bits per heavy atom. The summed E-state index contributed by atoms with van der Waals surface area (Å²) in [6.07, 6.45) is 0.578. The first kappa shape index (κ1) is 8.96. The molecule has 0 bridgehead atoms. The number of pyridine rings is 1. The van der Waals surface area contributed by atoms with Gasteiger partial charge in [0.25, 0.3) is 0 Å². The van der Waals surface area contributed by atoms with Gasteiger partial charge in [-0.1, -0.05) is 6.07 Å². The molecule has 14 heavy (non-hydrogen) atoms. The van der Waals surface area contributed by atoms with Crippen LogP contribution in [0.1, 0.15) is 17.3 Å². The predicted molar refractivity (Wildman–Crippen MR) is 47.6 cm³/mol. The molecule has 5 nitrogen and oxygen atoms in total. The second kappa shape index (κ2) is 3.26. The lowest BCUT2D eigenvalue weighted by Crippen LogP contribution is -2.29. The zero-order valence-corrected chi connectivity index (χ0v) is 7.42. The monoisotopic (exact) mass is 194 g/mol. The summed E-state index contributed by atoms with van der Waals surface area (Å²) < 4.78 is 0. The van der Waals surface area contributed by atoms with Gasteiger partial charge in [-0.25, -0.2) is 4.79 Å². The summed E-state index contributed by atoms with van der Waals surface area (Å²) in [5, 5.41) is 18.0. The fourth-order valence-electron chi connectivity index (χ4n) is 1.71. The zero-order chi connectivity index (χ0) is 10.1. The lowest BCUT2D eigenvalue weighted by molar-refractivity contribution is 0.103. The van der Waals surface area contributed by atoms with Crippen molar-refractivity contribution in [3.63, 3.8) is 0 Å². The largest absolute Gasteiger partial charge is 0.465 e. The second-order valence-corrected chi connectivity index (χ2v) is 3.16. The number of aliphatic hydroxyl groups is 1. The Kier molecular flexibility index (Phi) is 2.09. The van der Waals surface area contributed by atoms with E-state index in [9.17, 15) is 4.79 Å². The number of hydrogen-bond acceptors (Lipinski definition) is 3. The molecule has 2 N–H and O–H groups in total. The van der Waals surface area contributed by atoms with Gasteiger partial charge < -0.3 is 10.2 Å². The Bertz CT molecular complexity index is 367. The second-order valence-electron chi connectivity index (χ2n) is 3.16. The average Bonchev–Trinajstić information content (AvgIpc) is 2.56. The molecule has 74 valence electrons. The number of nitrogens with zero attached hydrogens (tertiary/aromatic N) is 2. The van der Waals surface area contributed by atoms with E-state index < -0.39 is 12.1 Å². The molecule has 1 aromatic heterocycles. The van der Waals surface area contributed by atoms with Gasteiger partial charge >= 0.3 is 6.09 Å². The highest BCUT2D eigenvalue weighted by Crippen LogP contribution is 2.30. The van der Waals surface area contributed by atoms with Crippen LogP contribution < -0.4 is 0 Å². The molecule has 1 aromatic rings. The Morgan fingerprint density at radius 2 is 2.50 bits per heavy atom. The molecule has 0 saturated carbocycles. The van der Waals surface area contributed by atoms with E-state index >= 15 is 0 Å². The topological polar surface area (TPSA) is 73.7 Å². The Hall–Kier alpha value is -1.62. The molecule has 2 rings (SSSR count). The third-order valence-corrected chi connectivity index (χ3v) is 2.38. The van der Waals surface area contributed by atoms with Crippen LogP contribution in [0.4, 0.5) is 4.79 Å². The van der Waals surface area contributed by atoms with Gasteiger partial charge in [0.2, 0.25) is 0 Å². The van der Waals surface area contributed by atoms with Crippen LogP contribution in [0, 0.1) is 0 Å². The van der Waals surface area contributed by atoms with Crippen molar-refractivity contribution < 1.29 is 15.0 Å². The highest BCUT2D eigenvalue weighted by molar-refractivity contribution is 5.67. The standard InChI is InChI=1S/C9H10N2O3/c12-5-7-8-6(2-1-3-10-8)4-11(7)9(13)14/h1-3,7,12H,4-5H2,(H,13,14). The van der Waals surface area contributed by atoms with Gasteiger partial charge in [-0.2, -0.15) is 0 Å². The van der Waals surface area contributed by atoms with Gasteiger partial charge in [-0.3, -0.25) is 9.88 Å². The average molecular weight is 194 g/mol. The molecule has 5 heteroatoms. The van der Waals surface area contributed by atoms with E-state index in [1.54, 1.807) is 12.3 Å². The minimum Gasteiger partial charge on any atom is -0.465 e. The molecule has 0 fully saturated rings. The van der Waals surface area contributed by atoms with E-state index in [1.165, 1.54) is 4.90 Å². The summed E-state index contributed by atoms with van der Waals surface area (Å²) in [6.45, 7) is 0.0834. The molecule has 0 aliphatic carbocycles. The van der Waals surface area contributed by atoms with Gasteiger partial charge in [0.1, 0.15) is 6.04 Å². The van der Waals surface area contributed by atoms with Gasteiger partial charge in [-0.05, 0) is 11.6 Å². The van der Waals surface area contributed by atoms with E-state index in [0.717, 1.165) is 5.56 Å². The van der Waals surface area contributed by atoms with Gasteiger partial charge in [0, 0.05) is 6.20 Å². The maximum Gasteiger partial charge on any atom is 0.408 e. The summed E-state index contributed by atoms with van der Waals surface area (Å²) in [5.74, 6) is 0. The Labute approximate surface area is 80.6 Å². The van der Waals surface area contributed by atoms with Crippen molar-refractivity contribution in [1.82, 2.24) is 9.88 Å².